The first-order valence-electron chi connectivity index (χ1n) is 5.51. The Hall–Kier alpha value is -1.50. The molecule has 0 aromatic carbocycles. The number of carboxylic acids is 1. The minimum atomic E-state index is -0.799. The molecule has 0 spiro atoms. The molecule has 1 amide bonds. The maximum absolute atomic E-state index is 11.7. The first kappa shape index (κ1) is 12.6. The molecule has 0 heterocycles. The van der Waals surface area contributed by atoms with E-state index in [1.54, 1.807) is 0 Å². The van der Waals surface area contributed by atoms with E-state index in [0.717, 1.165) is 0 Å². The molecular weight excluding hydrogens is 206 g/mol. The fourth-order valence-corrected chi connectivity index (χ4v) is 2.03. The van der Waals surface area contributed by atoms with E-state index in [1.807, 2.05) is 6.92 Å². The molecule has 1 saturated carbocycles. The fourth-order valence-electron chi connectivity index (χ4n) is 2.03. The molecule has 88 valence electrons. The molecule has 0 saturated heterocycles. The molecular formula is C12H17NO3. The second kappa shape index (κ2) is 5.55. The molecule has 0 aromatic rings. The maximum atomic E-state index is 11.7. The van der Waals surface area contributed by atoms with Crippen molar-refractivity contribution in [2.24, 2.45) is 11.8 Å². The second-order valence-corrected chi connectivity index (χ2v) is 4.36. The Kier molecular flexibility index (Phi) is 4.36. The number of aliphatic carboxylic acids is 1. The first-order valence-corrected chi connectivity index (χ1v) is 5.51. The first-order chi connectivity index (χ1) is 7.54. The van der Waals surface area contributed by atoms with Crippen LogP contribution < -0.4 is 5.32 Å². The summed E-state index contributed by atoms with van der Waals surface area (Å²) in [6.45, 7) is 1.85. The summed E-state index contributed by atoms with van der Waals surface area (Å²) in [4.78, 5) is 22.5. The summed E-state index contributed by atoms with van der Waals surface area (Å²) in [5.74, 6) is 1.09. The number of nitrogens with one attached hydrogen (secondary N) is 1. The molecule has 0 aromatic heterocycles. The normalized spacial score (nSPS) is 25.8. The smallest absolute Gasteiger partial charge is 0.306 e. The molecule has 1 aliphatic rings. The van der Waals surface area contributed by atoms with Crippen LogP contribution in [-0.2, 0) is 9.59 Å². The monoisotopic (exact) mass is 223 g/mol. The van der Waals surface area contributed by atoms with Crippen LogP contribution in [0.15, 0.2) is 0 Å². The van der Waals surface area contributed by atoms with Gasteiger partial charge in [-0.2, -0.15) is 0 Å². The lowest BCUT2D eigenvalue weighted by Gasteiger charge is -2.14. The average molecular weight is 223 g/mol. The number of rotatable bonds is 4. The van der Waals surface area contributed by atoms with Gasteiger partial charge in [-0.15, -0.1) is 12.3 Å². The van der Waals surface area contributed by atoms with Crippen molar-refractivity contribution in [2.45, 2.75) is 38.6 Å². The lowest BCUT2D eigenvalue weighted by Crippen LogP contribution is -2.36. The van der Waals surface area contributed by atoms with Crippen molar-refractivity contribution >= 4 is 11.9 Å². The van der Waals surface area contributed by atoms with E-state index >= 15 is 0 Å². The Balaban J connectivity index is 2.40. The predicted molar refractivity (Wildman–Crippen MR) is 59.5 cm³/mol. The van der Waals surface area contributed by atoms with Crippen molar-refractivity contribution in [3.63, 3.8) is 0 Å². The summed E-state index contributed by atoms with van der Waals surface area (Å²) >= 11 is 0. The Bertz CT molecular complexity index is 319. The third-order valence-electron chi connectivity index (χ3n) is 2.97. The van der Waals surface area contributed by atoms with Gasteiger partial charge >= 0.3 is 5.97 Å². The Morgan fingerprint density at radius 3 is 2.62 bits per heavy atom. The van der Waals surface area contributed by atoms with Gasteiger partial charge in [0.15, 0.2) is 0 Å². The van der Waals surface area contributed by atoms with Crippen molar-refractivity contribution in [1.82, 2.24) is 5.32 Å². The summed E-state index contributed by atoms with van der Waals surface area (Å²) in [6, 6.07) is -0.0404. The average Bonchev–Trinajstić information content (AvgIpc) is 2.66. The minimum Gasteiger partial charge on any atom is -0.481 e. The van der Waals surface area contributed by atoms with Crippen LogP contribution in [-0.4, -0.2) is 23.0 Å². The molecule has 3 atom stereocenters. The number of carbonyl (C=O) groups is 2. The Morgan fingerprint density at radius 1 is 1.50 bits per heavy atom. The van der Waals surface area contributed by atoms with Gasteiger partial charge in [0.1, 0.15) is 0 Å². The zero-order chi connectivity index (χ0) is 12.1. The SMILES string of the molecule is C#CCC(C)NC(=O)C1CCC(C(=O)O)C1. The van der Waals surface area contributed by atoms with Crippen molar-refractivity contribution in [2.75, 3.05) is 0 Å². The molecule has 4 nitrogen and oxygen atoms in total. The highest BCUT2D eigenvalue weighted by Gasteiger charge is 2.33. The lowest BCUT2D eigenvalue weighted by atomic mass is 10.0. The van der Waals surface area contributed by atoms with Crippen LogP contribution in [0.1, 0.15) is 32.6 Å². The molecule has 1 aliphatic carbocycles. The van der Waals surface area contributed by atoms with Crippen LogP contribution in [0.2, 0.25) is 0 Å². The lowest BCUT2D eigenvalue weighted by molar-refractivity contribution is -0.141. The van der Waals surface area contributed by atoms with Gasteiger partial charge in [0, 0.05) is 18.4 Å². The van der Waals surface area contributed by atoms with Crippen LogP contribution in [0.25, 0.3) is 0 Å². The van der Waals surface area contributed by atoms with Gasteiger partial charge in [-0.05, 0) is 26.2 Å². The third-order valence-corrected chi connectivity index (χ3v) is 2.97. The third kappa shape index (κ3) is 3.27. The van der Waals surface area contributed by atoms with Crippen LogP contribution in [0.3, 0.4) is 0 Å². The van der Waals surface area contributed by atoms with Crippen molar-refractivity contribution in [3.05, 3.63) is 0 Å². The Labute approximate surface area is 95.4 Å². The number of carboxylic acid groups (broad SMARTS) is 1. The van der Waals surface area contributed by atoms with Gasteiger partial charge in [0.2, 0.25) is 5.91 Å². The van der Waals surface area contributed by atoms with Crippen molar-refractivity contribution in [1.29, 1.82) is 0 Å². The van der Waals surface area contributed by atoms with E-state index < -0.39 is 5.97 Å². The number of hydrogen-bond donors (Lipinski definition) is 2. The predicted octanol–water partition coefficient (Wildman–Crippen LogP) is 1.02. The topological polar surface area (TPSA) is 66.4 Å². The van der Waals surface area contributed by atoms with Crippen molar-refractivity contribution < 1.29 is 14.7 Å². The van der Waals surface area contributed by atoms with E-state index in [2.05, 4.69) is 11.2 Å². The largest absolute Gasteiger partial charge is 0.481 e. The zero-order valence-corrected chi connectivity index (χ0v) is 9.40. The van der Waals surface area contributed by atoms with E-state index in [9.17, 15) is 9.59 Å². The van der Waals surface area contributed by atoms with Gasteiger partial charge in [0.25, 0.3) is 0 Å². The van der Waals surface area contributed by atoms with Gasteiger partial charge in [-0.1, -0.05) is 0 Å². The number of hydrogen-bond acceptors (Lipinski definition) is 2. The van der Waals surface area contributed by atoms with Crippen LogP contribution >= 0.6 is 0 Å². The van der Waals surface area contributed by atoms with Gasteiger partial charge in [-0.3, -0.25) is 9.59 Å². The molecule has 3 unspecified atom stereocenters. The number of amides is 1. The standard InChI is InChI=1S/C12H17NO3/c1-3-4-8(2)13-11(14)9-5-6-10(7-9)12(15)16/h1,8-10H,4-7H2,2H3,(H,13,14)(H,15,16). The molecule has 1 fully saturated rings. The summed E-state index contributed by atoms with van der Waals surface area (Å²) in [5, 5.41) is 11.6. The zero-order valence-electron chi connectivity index (χ0n) is 9.40. The molecule has 0 bridgehead atoms. The fraction of sp³-hybridized carbons (Fsp3) is 0.667. The molecule has 0 radical (unpaired) electrons. The van der Waals surface area contributed by atoms with Gasteiger partial charge in [-0.25, -0.2) is 0 Å². The highest BCUT2D eigenvalue weighted by Crippen LogP contribution is 2.31. The van der Waals surface area contributed by atoms with Crippen LogP contribution in [0, 0.1) is 24.2 Å². The van der Waals surface area contributed by atoms with E-state index in [1.165, 1.54) is 0 Å². The van der Waals surface area contributed by atoms with Crippen molar-refractivity contribution in [3.8, 4) is 12.3 Å². The number of carbonyl (C=O) groups excluding carboxylic acids is 1. The maximum Gasteiger partial charge on any atom is 0.306 e. The summed E-state index contributed by atoms with van der Waals surface area (Å²) < 4.78 is 0. The van der Waals surface area contributed by atoms with E-state index in [0.29, 0.717) is 25.7 Å². The summed E-state index contributed by atoms with van der Waals surface area (Å²) in [6.07, 6.45) is 7.34. The molecule has 0 aliphatic heterocycles. The van der Waals surface area contributed by atoms with Gasteiger partial charge in [0.05, 0.1) is 5.92 Å². The summed E-state index contributed by atoms with van der Waals surface area (Å²) in [5.41, 5.74) is 0. The highest BCUT2D eigenvalue weighted by molar-refractivity contribution is 5.81. The minimum absolute atomic E-state index is 0.0404. The Morgan fingerprint density at radius 2 is 2.12 bits per heavy atom. The number of terminal acetylenes is 1. The highest BCUT2D eigenvalue weighted by atomic mass is 16.4. The van der Waals surface area contributed by atoms with E-state index in [4.69, 9.17) is 11.5 Å². The van der Waals surface area contributed by atoms with E-state index in [-0.39, 0.29) is 23.8 Å². The molecule has 1 rings (SSSR count). The molecule has 4 heteroatoms. The molecule has 2 N–H and O–H groups in total. The molecule has 16 heavy (non-hydrogen) atoms. The summed E-state index contributed by atoms with van der Waals surface area (Å²) in [7, 11) is 0. The van der Waals surface area contributed by atoms with Gasteiger partial charge < -0.3 is 10.4 Å². The quantitative estimate of drug-likeness (QED) is 0.699. The van der Waals surface area contributed by atoms with Crippen LogP contribution in [0.5, 0.6) is 0 Å². The van der Waals surface area contributed by atoms with Crippen LogP contribution in [0.4, 0.5) is 0 Å². The second-order valence-electron chi connectivity index (χ2n) is 4.36.